The highest BCUT2D eigenvalue weighted by atomic mass is 127. The first-order chi connectivity index (χ1) is 14.6. The largest absolute Gasteiger partial charge is 0.359 e. The Balaban J connectivity index is 0.00000341. The fraction of sp³-hybridized carbons (Fsp3) is 0.591. The van der Waals surface area contributed by atoms with Crippen molar-refractivity contribution in [3.63, 3.8) is 0 Å². The molecule has 0 radical (unpaired) electrons. The average molecular weight is 541 g/mol. The third-order valence-corrected chi connectivity index (χ3v) is 5.73. The highest BCUT2D eigenvalue weighted by Gasteiger charge is 2.15. The quantitative estimate of drug-likeness (QED) is 0.302. The molecule has 3 rings (SSSR count). The average Bonchev–Trinajstić information content (AvgIpc) is 3.24. The maximum Gasteiger partial charge on any atom is 0.191 e. The van der Waals surface area contributed by atoms with Crippen molar-refractivity contribution in [3.05, 3.63) is 41.4 Å². The standard InChI is InChI=1S/C22H35N7O.HI/c1-5-18(6-2)20-13-19(30-27-20)16-26-22(23-3)25-15-17-7-8-21(24-14-17)29-11-9-28(4)10-12-29;/h7-8,13-14,18H,5-6,9-12,15-16H2,1-4H3,(H2,23,25,26);1H. The van der Waals surface area contributed by atoms with Gasteiger partial charge in [-0.05, 0) is 31.5 Å². The van der Waals surface area contributed by atoms with Gasteiger partial charge >= 0.3 is 0 Å². The second-order valence-electron chi connectivity index (χ2n) is 7.83. The molecule has 2 aromatic heterocycles. The molecule has 9 heteroatoms. The Labute approximate surface area is 202 Å². The van der Waals surface area contributed by atoms with Crippen LogP contribution >= 0.6 is 24.0 Å². The summed E-state index contributed by atoms with van der Waals surface area (Å²) in [4.78, 5) is 13.6. The molecule has 1 fully saturated rings. The second kappa shape index (κ2) is 12.8. The van der Waals surface area contributed by atoms with Gasteiger partial charge in [-0.25, -0.2) is 4.98 Å². The minimum absolute atomic E-state index is 0. The molecule has 0 atom stereocenters. The van der Waals surface area contributed by atoms with Crippen molar-refractivity contribution in [3.8, 4) is 0 Å². The number of rotatable bonds is 8. The number of anilines is 1. The lowest BCUT2D eigenvalue weighted by atomic mass is 9.99. The Kier molecular flexibility index (Phi) is 10.5. The van der Waals surface area contributed by atoms with Gasteiger partial charge in [0.15, 0.2) is 11.7 Å². The van der Waals surface area contributed by atoms with Crippen LogP contribution in [0, 0.1) is 0 Å². The van der Waals surface area contributed by atoms with E-state index in [2.05, 4.69) is 68.6 Å². The summed E-state index contributed by atoms with van der Waals surface area (Å²) in [7, 11) is 3.93. The van der Waals surface area contributed by atoms with Crippen LogP contribution in [0.2, 0.25) is 0 Å². The summed E-state index contributed by atoms with van der Waals surface area (Å²) in [6.45, 7) is 9.78. The predicted octanol–water partition coefficient (Wildman–Crippen LogP) is 3.21. The summed E-state index contributed by atoms with van der Waals surface area (Å²) < 4.78 is 5.47. The molecule has 1 saturated heterocycles. The van der Waals surface area contributed by atoms with Gasteiger partial charge in [-0.3, -0.25) is 4.99 Å². The van der Waals surface area contributed by atoms with E-state index in [-0.39, 0.29) is 24.0 Å². The molecule has 0 amide bonds. The van der Waals surface area contributed by atoms with Gasteiger partial charge < -0.3 is 25.0 Å². The number of pyridine rings is 1. The molecule has 31 heavy (non-hydrogen) atoms. The van der Waals surface area contributed by atoms with Crippen molar-refractivity contribution in [1.82, 2.24) is 25.7 Å². The molecule has 0 aliphatic carbocycles. The summed E-state index contributed by atoms with van der Waals surface area (Å²) in [5, 5.41) is 10.8. The molecule has 3 heterocycles. The van der Waals surface area contributed by atoms with Gasteiger partial charge in [-0.1, -0.05) is 25.1 Å². The van der Waals surface area contributed by atoms with Crippen molar-refractivity contribution < 1.29 is 4.52 Å². The molecule has 1 aliphatic heterocycles. The molecular formula is C22H36IN7O. The smallest absolute Gasteiger partial charge is 0.191 e. The number of hydrogen-bond acceptors (Lipinski definition) is 6. The number of likely N-dealkylation sites (N-methyl/N-ethyl adjacent to an activating group) is 1. The second-order valence-corrected chi connectivity index (χ2v) is 7.83. The lowest BCUT2D eigenvalue weighted by Gasteiger charge is -2.33. The number of guanidine groups is 1. The Morgan fingerprint density at radius 1 is 1.13 bits per heavy atom. The summed E-state index contributed by atoms with van der Waals surface area (Å²) >= 11 is 0. The Hall–Kier alpha value is -1.88. The van der Waals surface area contributed by atoms with Gasteiger partial charge in [0.05, 0.1) is 12.2 Å². The minimum Gasteiger partial charge on any atom is -0.359 e. The van der Waals surface area contributed by atoms with Crippen molar-refractivity contribution in [2.24, 2.45) is 4.99 Å². The molecular weight excluding hydrogens is 505 g/mol. The first-order valence-corrected chi connectivity index (χ1v) is 10.9. The maximum absolute atomic E-state index is 5.47. The van der Waals surface area contributed by atoms with Crippen LogP contribution in [0.15, 0.2) is 33.9 Å². The Morgan fingerprint density at radius 3 is 2.45 bits per heavy atom. The number of aliphatic imine (C=N–C) groups is 1. The third-order valence-electron chi connectivity index (χ3n) is 5.73. The van der Waals surface area contributed by atoms with E-state index >= 15 is 0 Å². The molecule has 172 valence electrons. The number of halogens is 1. The molecule has 0 saturated carbocycles. The third kappa shape index (κ3) is 7.34. The first kappa shape index (κ1) is 25.4. The summed E-state index contributed by atoms with van der Waals surface area (Å²) in [5.74, 6) is 3.05. The number of hydrogen-bond donors (Lipinski definition) is 2. The van der Waals surface area contributed by atoms with Gasteiger partial charge in [0, 0.05) is 58.0 Å². The SMILES string of the molecule is CCC(CC)c1cc(CNC(=NC)NCc2ccc(N3CCN(C)CC3)nc2)on1.I. The summed E-state index contributed by atoms with van der Waals surface area (Å²) in [6.07, 6.45) is 4.08. The van der Waals surface area contributed by atoms with E-state index in [0.717, 1.165) is 67.8 Å². The number of aromatic nitrogens is 2. The first-order valence-electron chi connectivity index (χ1n) is 10.9. The maximum atomic E-state index is 5.47. The van der Waals surface area contributed by atoms with E-state index in [4.69, 9.17) is 4.52 Å². The van der Waals surface area contributed by atoms with E-state index in [0.29, 0.717) is 19.0 Å². The monoisotopic (exact) mass is 541 g/mol. The molecule has 8 nitrogen and oxygen atoms in total. The minimum atomic E-state index is 0. The van der Waals surface area contributed by atoms with Crippen LogP contribution in [-0.4, -0.2) is 61.3 Å². The topological polar surface area (TPSA) is 81.8 Å². The number of nitrogens with one attached hydrogen (secondary N) is 2. The molecule has 1 aliphatic rings. The Bertz CT molecular complexity index is 796. The van der Waals surface area contributed by atoms with Crippen LogP contribution in [0.1, 0.15) is 49.6 Å². The lowest BCUT2D eigenvalue weighted by molar-refractivity contribution is 0.312. The van der Waals surface area contributed by atoms with Crippen molar-refractivity contribution in [1.29, 1.82) is 0 Å². The highest BCUT2D eigenvalue weighted by Crippen LogP contribution is 2.22. The van der Waals surface area contributed by atoms with E-state index in [1.165, 1.54) is 0 Å². The Morgan fingerprint density at radius 2 is 1.84 bits per heavy atom. The number of piperazine rings is 1. The number of nitrogens with zero attached hydrogens (tertiary/aromatic N) is 5. The van der Waals surface area contributed by atoms with Crippen molar-refractivity contribution >= 4 is 35.8 Å². The molecule has 0 bridgehead atoms. The molecule has 2 N–H and O–H groups in total. The van der Waals surface area contributed by atoms with Gasteiger partial charge in [0.25, 0.3) is 0 Å². The van der Waals surface area contributed by atoms with Crippen LogP contribution < -0.4 is 15.5 Å². The highest BCUT2D eigenvalue weighted by molar-refractivity contribution is 14.0. The zero-order valence-electron chi connectivity index (χ0n) is 19.1. The van der Waals surface area contributed by atoms with Gasteiger partial charge in [-0.15, -0.1) is 24.0 Å². The van der Waals surface area contributed by atoms with E-state index in [9.17, 15) is 0 Å². The fourth-order valence-electron chi connectivity index (χ4n) is 3.63. The van der Waals surface area contributed by atoms with Gasteiger partial charge in [0.1, 0.15) is 5.82 Å². The molecule has 0 aromatic carbocycles. The normalized spacial score (nSPS) is 15.1. The molecule has 0 unspecified atom stereocenters. The van der Waals surface area contributed by atoms with E-state index < -0.39 is 0 Å². The summed E-state index contributed by atoms with van der Waals surface area (Å²) in [5.41, 5.74) is 2.15. The van der Waals surface area contributed by atoms with Crippen LogP contribution in [0.4, 0.5) is 5.82 Å². The van der Waals surface area contributed by atoms with Crippen LogP contribution in [0.5, 0.6) is 0 Å². The zero-order chi connectivity index (χ0) is 21.3. The lowest BCUT2D eigenvalue weighted by Crippen LogP contribution is -2.44. The zero-order valence-corrected chi connectivity index (χ0v) is 21.4. The van der Waals surface area contributed by atoms with E-state index in [1.807, 2.05) is 12.3 Å². The van der Waals surface area contributed by atoms with Gasteiger partial charge in [0.2, 0.25) is 0 Å². The van der Waals surface area contributed by atoms with Crippen LogP contribution in [0.25, 0.3) is 0 Å². The summed E-state index contributed by atoms with van der Waals surface area (Å²) in [6, 6.07) is 6.27. The van der Waals surface area contributed by atoms with Crippen LogP contribution in [0.3, 0.4) is 0 Å². The predicted molar refractivity (Wildman–Crippen MR) is 136 cm³/mol. The van der Waals surface area contributed by atoms with Crippen molar-refractivity contribution in [2.45, 2.75) is 45.7 Å². The van der Waals surface area contributed by atoms with Crippen LogP contribution in [-0.2, 0) is 13.1 Å². The molecule has 2 aromatic rings. The van der Waals surface area contributed by atoms with Gasteiger partial charge in [-0.2, -0.15) is 0 Å². The molecule has 0 spiro atoms. The fourth-order valence-corrected chi connectivity index (χ4v) is 3.63. The van der Waals surface area contributed by atoms with Crippen molar-refractivity contribution in [2.75, 3.05) is 45.2 Å². The van der Waals surface area contributed by atoms with E-state index in [1.54, 1.807) is 7.05 Å².